The van der Waals surface area contributed by atoms with E-state index in [0.29, 0.717) is 0 Å². The second-order valence-electron chi connectivity index (χ2n) is 7.42. The van der Waals surface area contributed by atoms with Gasteiger partial charge in [0.15, 0.2) is 0 Å². The molecule has 108 valence electrons. The van der Waals surface area contributed by atoms with E-state index in [9.17, 15) is 9.90 Å². The monoisotopic (exact) mass is 264 g/mol. The van der Waals surface area contributed by atoms with Crippen molar-refractivity contribution in [2.75, 3.05) is 13.1 Å². The highest BCUT2D eigenvalue weighted by Crippen LogP contribution is 2.50. The summed E-state index contributed by atoms with van der Waals surface area (Å²) in [5, 5.41) is 11.5. The van der Waals surface area contributed by atoms with Crippen LogP contribution in [0.5, 0.6) is 0 Å². The summed E-state index contributed by atoms with van der Waals surface area (Å²) >= 11 is 0. The predicted octanol–water partition coefficient (Wildman–Crippen LogP) is 2.18. The SMILES string of the molecule is CC1(C)C=C(N2CCCCC2)CC(C)(C)C1C(=O)[O-]. The Kier molecular flexibility index (Phi) is 3.67. The number of piperidine rings is 1. The summed E-state index contributed by atoms with van der Waals surface area (Å²) in [5.74, 6) is -1.34. The largest absolute Gasteiger partial charge is 0.550 e. The van der Waals surface area contributed by atoms with Crippen LogP contribution in [0.15, 0.2) is 11.8 Å². The molecule has 1 atom stereocenters. The fourth-order valence-corrected chi connectivity index (χ4v) is 4.15. The minimum Gasteiger partial charge on any atom is -0.550 e. The molecule has 0 radical (unpaired) electrons. The number of allylic oxidation sites excluding steroid dienone is 2. The van der Waals surface area contributed by atoms with E-state index in [2.05, 4.69) is 24.8 Å². The average molecular weight is 264 g/mol. The molecule has 0 spiro atoms. The highest BCUT2D eigenvalue weighted by molar-refractivity contribution is 5.70. The highest BCUT2D eigenvalue weighted by Gasteiger charge is 2.45. The number of likely N-dealkylation sites (tertiary alicyclic amines) is 1. The number of nitrogens with zero attached hydrogens (tertiary/aromatic N) is 1. The molecule has 1 fully saturated rings. The van der Waals surface area contributed by atoms with E-state index in [1.54, 1.807) is 0 Å². The van der Waals surface area contributed by atoms with Gasteiger partial charge in [0, 0.05) is 30.7 Å². The molecule has 2 aliphatic rings. The molecule has 2 rings (SSSR count). The van der Waals surface area contributed by atoms with Crippen LogP contribution in [0.1, 0.15) is 53.4 Å². The maximum absolute atomic E-state index is 11.5. The van der Waals surface area contributed by atoms with Crippen molar-refractivity contribution in [3.63, 3.8) is 0 Å². The van der Waals surface area contributed by atoms with E-state index in [1.807, 2.05) is 13.8 Å². The summed E-state index contributed by atoms with van der Waals surface area (Å²) in [6.45, 7) is 10.4. The topological polar surface area (TPSA) is 43.4 Å². The molecule has 0 saturated carbocycles. The van der Waals surface area contributed by atoms with Gasteiger partial charge >= 0.3 is 0 Å². The van der Waals surface area contributed by atoms with E-state index in [-0.39, 0.29) is 10.8 Å². The summed E-state index contributed by atoms with van der Waals surface area (Å²) in [6.07, 6.45) is 6.85. The zero-order valence-corrected chi connectivity index (χ0v) is 12.7. The van der Waals surface area contributed by atoms with E-state index < -0.39 is 11.9 Å². The maximum atomic E-state index is 11.5. The van der Waals surface area contributed by atoms with Crippen LogP contribution in [0.2, 0.25) is 0 Å². The van der Waals surface area contributed by atoms with Gasteiger partial charge in [0.05, 0.1) is 0 Å². The van der Waals surface area contributed by atoms with Crippen LogP contribution in [0.3, 0.4) is 0 Å². The lowest BCUT2D eigenvalue weighted by Crippen LogP contribution is -2.51. The van der Waals surface area contributed by atoms with Gasteiger partial charge < -0.3 is 14.8 Å². The summed E-state index contributed by atoms with van der Waals surface area (Å²) in [6, 6.07) is 0. The third kappa shape index (κ3) is 2.80. The van der Waals surface area contributed by atoms with Gasteiger partial charge in [0.25, 0.3) is 0 Å². The summed E-state index contributed by atoms with van der Waals surface area (Å²) in [5.41, 5.74) is 0.754. The van der Waals surface area contributed by atoms with Crippen molar-refractivity contribution in [1.82, 2.24) is 4.90 Å². The molecule has 0 aromatic rings. The molecule has 19 heavy (non-hydrogen) atoms. The number of carbonyl (C=O) groups is 1. The van der Waals surface area contributed by atoms with E-state index in [1.165, 1.54) is 25.0 Å². The van der Waals surface area contributed by atoms with Gasteiger partial charge in [0.2, 0.25) is 0 Å². The van der Waals surface area contributed by atoms with Crippen LogP contribution in [0, 0.1) is 16.7 Å². The minimum absolute atomic E-state index is 0.246. The van der Waals surface area contributed by atoms with Gasteiger partial charge in [-0.2, -0.15) is 0 Å². The fourth-order valence-electron chi connectivity index (χ4n) is 4.15. The predicted molar refractivity (Wildman–Crippen MR) is 74.2 cm³/mol. The fraction of sp³-hybridized carbons (Fsp3) is 0.812. The minimum atomic E-state index is -0.913. The van der Waals surface area contributed by atoms with Crippen molar-refractivity contribution in [1.29, 1.82) is 0 Å². The Bertz CT molecular complexity index is 390. The highest BCUT2D eigenvalue weighted by atomic mass is 16.4. The Labute approximate surface area is 116 Å². The molecule has 1 unspecified atom stereocenters. The van der Waals surface area contributed by atoms with E-state index in [0.717, 1.165) is 19.5 Å². The molecular formula is C16H26NO2-. The Hall–Kier alpha value is -0.990. The number of hydrogen-bond acceptors (Lipinski definition) is 3. The zero-order chi connectivity index (χ0) is 14.3. The molecule has 0 amide bonds. The number of rotatable bonds is 2. The lowest BCUT2D eigenvalue weighted by Gasteiger charge is -2.50. The number of hydrogen-bond donors (Lipinski definition) is 0. The molecule has 0 aromatic carbocycles. The van der Waals surface area contributed by atoms with E-state index in [4.69, 9.17) is 0 Å². The molecule has 3 heteroatoms. The normalized spacial score (nSPS) is 29.8. The standard InChI is InChI=1S/C16H27NO2/c1-15(2)10-12(17-8-6-5-7-9-17)11-16(3,4)13(15)14(18)19/h10,13H,5-9,11H2,1-4H3,(H,18,19)/p-1. The first-order valence-electron chi connectivity index (χ1n) is 7.41. The number of carboxylic acid groups (broad SMARTS) is 1. The number of aliphatic carboxylic acids is 1. The summed E-state index contributed by atoms with van der Waals surface area (Å²) < 4.78 is 0. The van der Waals surface area contributed by atoms with Crippen LogP contribution in [0.25, 0.3) is 0 Å². The van der Waals surface area contributed by atoms with Gasteiger partial charge in [-0.05, 0) is 36.5 Å². The Morgan fingerprint density at radius 1 is 1.21 bits per heavy atom. The second-order valence-corrected chi connectivity index (χ2v) is 7.42. The van der Waals surface area contributed by atoms with Gasteiger partial charge in [-0.3, -0.25) is 0 Å². The van der Waals surface area contributed by atoms with Gasteiger partial charge in [-0.25, -0.2) is 0 Å². The van der Waals surface area contributed by atoms with Crippen molar-refractivity contribution >= 4 is 5.97 Å². The first-order valence-corrected chi connectivity index (χ1v) is 7.41. The van der Waals surface area contributed by atoms with Crippen LogP contribution in [0.4, 0.5) is 0 Å². The van der Waals surface area contributed by atoms with Crippen LogP contribution >= 0.6 is 0 Å². The molecule has 1 saturated heterocycles. The molecule has 0 N–H and O–H groups in total. The lowest BCUT2D eigenvalue weighted by atomic mass is 9.59. The molecule has 3 nitrogen and oxygen atoms in total. The van der Waals surface area contributed by atoms with Crippen LogP contribution < -0.4 is 5.11 Å². The van der Waals surface area contributed by atoms with Crippen molar-refractivity contribution in [3.8, 4) is 0 Å². The smallest absolute Gasteiger partial charge is 0.0459 e. The van der Waals surface area contributed by atoms with Gasteiger partial charge in [-0.15, -0.1) is 0 Å². The maximum Gasteiger partial charge on any atom is 0.0459 e. The molecule has 0 aromatic heterocycles. The Balaban J connectivity index is 2.30. The summed E-state index contributed by atoms with van der Waals surface area (Å²) in [7, 11) is 0. The number of carbonyl (C=O) groups excluding carboxylic acids is 1. The average Bonchev–Trinajstić information content (AvgIpc) is 2.26. The second kappa shape index (κ2) is 4.84. The third-order valence-electron chi connectivity index (χ3n) is 4.70. The first kappa shape index (κ1) is 14.4. The first-order chi connectivity index (χ1) is 8.74. The van der Waals surface area contributed by atoms with Gasteiger partial charge in [-0.1, -0.05) is 33.8 Å². The molecule has 0 bridgehead atoms. The Morgan fingerprint density at radius 2 is 1.79 bits per heavy atom. The van der Waals surface area contributed by atoms with E-state index >= 15 is 0 Å². The quantitative estimate of drug-likeness (QED) is 0.768. The summed E-state index contributed by atoms with van der Waals surface area (Å²) in [4.78, 5) is 14.0. The van der Waals surface area contributed by atoms with Crippen molar-refractivity contribution in [2.24, 2.45) is 16.7 Å². The molecule has 1 heterocycles. The third-order valence-corrected chi connectivity index (χ3v) is 4.70. The Morgan fingerprint density at radius 3 is 2.26 bits per heavy atom. The van der Waals surface area contributed by atoms with Crippen molar-refractivity contribution in [3.05, 3.63) is 11.8 Å². The van der Waals surface area contributed by atoms with Crippen LogP contribution in [-0.2, 0) is 4.79 Å². The molecule has 1 aliphatic heterocycles. The lowest BCUT2D eigenvalue weighted by molar-refractivity contribution is -0.319. The van der Waals surface area contributed by atoms with Gasteiger partial charge in [0.1, 0.15) is 0 Å². The van der Waals surface area contributed by atoms with Crippen molar-refractivity contribution < 1.29 is 9.90 Å². The van der Waals surface area contributed by atoms with Crippen LogP contribution in [-0.4, -0.2) is 24.0 Å². The molecular weight excluding hydrogens is 238 g/mol. The molecule has 1 aliphatic carbocycles. The van der Waals surface area contributed by atoms with Crippen molar-refractivity contribution in [2.45, 2.75) is 53.4 Å². The zero-order valence-electron chi connectivity index (χ0n) is 12.7. The number of carboxylic acids is 1.